The van der Waals surface area contributed by atoms with Gasteiger partial charge in [-0.3, -0.25) is 4.99 Å². The van der Waals surface area contributed by atoms with Gasteiger partial charge in [0.05, 0.1) is 16.8 Å². The summed E-state index contributed by atoms with van der Waals surface area (Å²) < 4.78 is 0. The Labute approximate surface area is 114 Å². The van der Waals surface area contributed by atoms with Crippen molar-refractivity contribution in [2.24, 2.45) is 4.99 Å². The van der Waals surface area contributed by atoms with E-state index < -0.39 is 11.9 Å². The summed E-state index contributed by atoms with van der Waals surface area (Å²) in [4.78, 5) is 25.8. The van der Waals surface area contributed by atoms with Crippen molar-refractivity contribution in [3.05, 3.63) is 65.2 Å². The summed E-state index contributed by atoms with van der Waals surface area (Å²) in [6.45, 7) is 0. The molecule has 5 nitrogen and oxygen atoms in total. The van der Waals surface area contributed by atoms with Gasteiger partial charge in [-0.15, -0.1) is 0 Å². The zero-order valence-corrected chi connectivity index (χ0v) is 10.4. The number of rotatable bonds is 4. The van der Waals surface area contributed by atoms with E-state index >= 15 is 0 Å². The van der Waals surface area contributed by atoms with Gasteiger partial charge in [0.1, 0.15) is 0 Å². The van der Waals surface area contributed by atoms with Gasteiger partial charge < -0.3 is 10.2 Å². The summed E-state index contributed by atoms with van der Waals surface area (Å²) in [5, 5.41) is 17.8. The Kier molecular flexibility index (Phi) is 3.91. The Morgan fingerprint density at radius 1 is 0.900 bits per heavy atom. The summed E-state index contributed by atoms with van der Waals surface area (Å²) in [6, 6.07) is 12.5. The van der Waals surface area contributed by atoms with E-state index in [1.54, 1.807) is 24.3 Å². The molecule has 0 saturated carbocycles. The summed E-state index contributed by atoms with van der Waals surface area (Å²) in [6.07, 6.45) is 1.49. The average Bonchev–Trinajstić information content (AvgIpc) is 2.45. The Hall–Kier alpha value is -2.95. The summed E-state index contributed by atoms with van der Waals surface area (Å²) in [5.41, 5.74) is 1.45. The van der Waals surface area contributed by atoms with Gasteiger partial charge in [-0.2, -0.15) is 0 Å². The van der Waals surface area contributed by atoms with Crippen LogP contribution in [0.5, 0.6) is 0 Å². The van der Waals surface area contributed by atoms with E-state index in [1.807, 2.05) is 0 Å². The Morgan fingerprint density at radius 3 is 2.15 bits per heavy atom. The molecule has 0 heterocycles. The van der Waals surface area contributed by atoms with E-state index in [0.717, 1.165) is 0 Å². The topological polar surface area (TPSA) is 87.0 Å². The molecule has 20 heavy (non-hydrogen) atoms. The predicted molar refractivity (Wildman–Crippen MR) is 74.1 cm³/mol. The van der Waals surface area contributed by atoms with Crippen LogP contribution in [0.4, 0.5) is 5.69 Å². The third-order valence-corrected chi connectivity index (χ3v) is 2.59. The fourth-order valence-corrected chi connectivity index (χ4v) is 1.62. The highest BCUT2D eigenvalue weighted by atomic mass is 16.4. The lowest BCUT2D eigenvalue weighted by atomic mass is 10.1. The second-order valence-electron chi connectivity index (χ2n) is 4.04. The van der Waals surface area contributed by atoms with Gasteiger partial charge in [-0.25, -0.2) is 9.59 Å². The molecule has 100 valence electrons. The number of carbonyl (C=O) groups is 2. The molecule has 2 rings (SSSR count). The normalized spacial score (nSPS) is 10.6. The number of carboxylic acids is 2. The highest BCUT2D eigenvalue weighted by Crippen LogP contribution is 2.14. The van der Waals surface area contributed by atoms with Crippen LogP contribution in [0.1, 0.15) is 26.3 Å². The van der Waals surface area contributed by atoms with Crippen molar-refractivity contribution >= 4 is 23.8 Å². The van der Waals surface area contributed by atoms with Gasteiger partial charge in [0.2, 0.25) is 0 Å². The summed E-state index contributed by atoms with van der Waals surface area (Å²) in [7, 11) is 0. The third kappa shape index (κ3) is 3.29. The molecule has 0 aliphatic rings. The van der Waals surface area contributed by atoms with Crippen LogP contribution in [0.15, 0.2) is 53.5 Å². The quantitative estimate of drug-likeness (QED) is 0.835. The lowest BCUT2D eigenvalue weighted by Crippen LogP contribution is -1.96. The minimum atomic E-state index is -1.02. The van der Waals surface area contributed by atoms with Crippen molar-refractivity contribution in [2.75, 3.05) is 0 Å². The summed E-state index contributed by atoms with van der Waals surface area (Å²) >= 11 is 0. The minimum absolute atomic E-state index is 0.152. The Balaban J connectivity index is 2.25. The molecule has 0 aromatic heterocycles. The second-order valence-corrected chi connectivity index (χ2v) is 4.04. The van der Waals surface area contributed by atoms with Crippen molar-refractivity contribution in [2.45, 2.75) is 0 Å². The second kappa shape index (κ2) is 5.79. The molecular weight excluding hydrogens is 258 g/mol. The maximum absolute atomic E-state index is 10.8. The largest absolute Gasteiger partial charge is 0.478 e. The molecule has 0 amide bonds. The number of aliphatic imine (C=N–C) groups is 1. The standard InChI is InChI=1S/C15H11NO4/c17-14(18)11-4-1-3-10(7-11)9-16-13-6-2-5-12(8-13)15(19)20/h1-9H,(H,17,18)(H,19,20)/b16-9+. The van der Waals surface area contributed by atoms with Crippen LogP contribution in [0, 0.1) is 0 Å². The van der Waals surface area contributed by atoms with Crippen LogP contribution in [-0.2, 0) is 0 Å². The molecule has 0 radical (unpaired) electrons. The Bertz CT molecular complexity index is 632. The molecule has 0 aliphatic carbocycles. The zero-order valence-electron chi connectivity index (χ0n) is 10.4. The molecule has 0 spiro atoms. The van der Waals surface area contributed by atoms with E-state index in [9.17, 15) is 9.59 Å². The van der Waals surface area contributed by atoms with Crippen molar-refractivity contribution in [3.63, 3.8) is 0 Å². The first-order valence-electron chi connectivity index (χ1n) is 5.77. The van der Waals surface area contributed by atoms with E-state index in [2.05, 4.69) is 4.99 Å². The van der Waals surface area contributed by atoms with Crippen LogP contribution in [0.25, 0.3) is 0 Å². The molecule has 2 aromatic rings. The van der Waals surface area contributed by atoms with Crippen molar-refractivity contribution < 1.29 is 19.8 Å². The van der Waals surface area contributed by atoms with Crippen LogP contribution in [0.2, 0.25) is 0 Å². The number of aromatic carboxylic acids is 2. The molecule has 0 fully saturated rings. The highest BCUT2D eigenvalue weighted by molar-refractivity contribution is 5.92. The van der Waals surface area contributed by atoms with Crippen LogP contribution < -0.4 is 0 Å². The van der Waals surface area contributed by atoms with Crippen molar-refractivity contribution in [1.29, 1.82) is 0 Å². The lowest BCUT2D eigenvalue weighted by molar-refractivity contribution is 0.0686. The van der Waals surface area contributed by atoms with Crippen molar-refractivity contribution in [3.8, 4) is 0 Å². The maximum atomic E-state index is 10.8. The summed E-state index contributed by atoms with van der Waals surface area (Å²) in [5.74, 6) is -2.02. The predicted octanol–water partition coefficient (Wildman–Crippen LogP) is 2.83. The molecule has 0 unspecified atom stereocenters. The van der Waals surface area contributed by atoms with Crippen LogP contribution in [0.3, 0.4) is 0 Å². The first-order valence-corrected chi connectivity index (χ1v) is 5.77. The van der Waals surface area contributed by atoms with Gasteiger partial charge in [-0.05, 0) is 35.9 Å². The van der Waals surface area contributed by atoms with Gasteiger partial charge in [-0.1, -0.05) is 18.2 Å². The fraction of sp³-hybridized carbons (Fsp3) is 0. The molecule has 0 aliphatic heterocycles. The molecular formula is C15H11NO4. The smallest absolute Gasteiger partial charge is 0.335 e. The third-order valence-electron chi connectivity index (χ3n) is 2.59. The van der Waals surface area contributed by atoms with E-state index in [-0.39, 0.29) is 11.1 Å². The number of carboxylic acid groups (broad SMARTS) is 2. The minimum Gasteiger partial charge on any atom is -0.478 e. The maximum Gasteiger partial charge on any atom is 0.335 e. The first-order chi connectivity index (χ1) is 9.56. The van der Waals surface area contributed by atoms with E-state index in [0.29, 0.717) is 11.3 Å². The molecule has 5 heteroatoms. The number of benzene rings is 2. The van der Waals surface area contributed by atoms with Gasteiger partial charge in [0.15, 0.2) is 0 Å². The van der Waals surface area contributed by atoms with Gasteiger partial charge in [0.25, 0.3) is 0 Å². The first kappa shape index (κ1) is 13.5. The Morgan fingerprint density at radius 2 is 1.50 bits per heavy atom. The molecule has 2 N–H and O–H groups in total. The number of hydrogen-bond acceptors (Lipinski definition) is 3. The SMILES string of the molecule is O=C(O)c1cccc(/C=N/c2cccc(C(=O)O)c2)c1. The highest BCUT2D eigenvalue weighted by Gasteiger charge is 2.03. The number of nitrogens with zero attached hydrogens (tertiary/aromatic N) is 1. The van der Waals surface area contributed by atoms with Crippen LogP contribution >= 0.6 is 0 Å². The van der Waals surface area contributed by atoms with Gasteiger partial charge >= 0.3 is 11.9 Å². The van der Waals surface area contributed by atoms with Gasteiger partial charge in [0, 0.05) is 6.21 Å². The lowest BCUT2D eigenvalue weighted by Gasteiger charge is -1.98. The monoisotopic (exact) mass is 269 g/mol. The molecule has 0 saturated heterocycles. The molecule has 2 aromatic carbocycles. The molecule has 0 atom stereocenters. The fourth-order valence-electron chi connectivity index (χ4n) is 1.62. The zero-order chi connectivity index (χ0) is 14.5. The number of hydrogen-bond donors (Lipinski definition) is 2. The van der Waals surface area contributed by atoms with Crippen molar-refractivity contribution in [1.82, 2.24) is 0 Å². The van der Waals surface area contributed by atoms with Crippen LogP contribution in [-0.4, -0.2) is 28.4 Å². The molecule has 0 bridgehead atoms. The average molecular weight is 269 g/mol. The van der Waals surface area contributed by atoms with E-state index in [1.165, 1.54) is 30.5 Å². The van der Waals surface area contributed by atoms with E-state index in [4.69, 9.17) is 10.2 Å².